The molecule has 0 atom stereocenters. The lowest BCUT2D eigenvalue weighted by atomic mass is 10.3. The molecular weight excluding hydrogens is 238 g/mol. The number of amides is 1. The Balaban J connectivity index is 2.48. The van der Waals surface area contributed by atoms with E-state index in [2.05, 4.69) is 10.3 Å². The summed E-state index contributed by atoms with van der Waals surface area (Å²) in [4.78, 5) is 16.3. The van der Waals surface area contributed by atoms with Gasteiger partial charge in [-0.25, -0.2) is 4.98 Å². The van der Waals surface area contributed by atoms with Crippen molar-refractivity contribution < 1.29 is 4.79 Å². The van der Waals surface area contributed by atoms with E-state index in [4.69, 9.17) is 11.6 Å². The van der Waals surface area contributed by atoms with Crippen molar-refractivity contribution in [3.05, 3.63) is 34.7 Å². The SMILES string of the molecule is CCCNC(=O)c1c(C)nc2ccc(Cl)cn12. The minimum atomic E-state index is -0.112. The number of nitrogens with zero attached hydrogens (tertiary/aromatic N) is 2. The number of imidazole rings is 1. The predicted octanol–water partition coefficient (Wildman–Crippen LogP) is 2.44. The summed E-state index contributed by atoms with van der Waals surface area (Å²) < 4.78 is 1.72. The third-order valence-corrected chi connectivity index (χ3v) is 2.73. The number of pyridine rings is 1. The van der Waals surface area contributed by atoms with Gasteiger partial charge in [0.2, 0.25) is 0 Å². The van der Waals surface area contributed by atoms with E-state index in [-0.39, 0.29) is 5.91 Å². The van der Waals surface area contributed by atoms with Crippen molar-refractivity contribution >= 4 is 23.2 Å². The molecule has 17 heavy (non-hydrogen) atoms. The van der Waals surface area contributed by atoms with Gasteiger partial charge in [-0.2, -0.15) is 0 Å². The fourth-order valence-electron chi connectivity index (χ4n) is 1.73. The van der Waals surface area contributed by atoms with E-state index >= 15 is 0 Å². The fourth-order valence-corrected chi connectivity index (χ4v) is 1.89. The van der Waals surface area contributed by atoms with Crippen molar-refractivity contribution in [3.63, 3.8) is 0 Å². The molecule has 0 aromatic carbocycles. The molecule has 0 aliphatic rings. The summed E-state index contributed by atoms with van der Waals surface area (Å²) in [5.41, 5.74) is 1.99. The molecule has 90 valence electrons. The number of hydrogen-bond donors (Lipinski definition) is 1. The lowest BCUT2D eigenvalue weighted by molar-refractivity contribution is 0.0947. The maximum absolute atomic E-state index is 12.0. The average Bonchev–Trinajstić information content (AvgIpc) is 2.61. The van der Waals surface area contributed by atoms with Crippen LogP contribution in [0.25, 0.3) is 5.65 Å². The summed E-state index contributed by atoms with van der Waals surface area (Å²) in [6.45, 7) is 4.49. The molecular formula is C12H14ClN3O. The monoisotopic (exact) mass is 251 g/mol. The number of fused-ring (bicyclic) bond motifs is 1. The van der Waals surface area contributed by atoms with Crippen molar-refractivity contribution in [1.82, 2.24) is 14.7 Å². The Kier molecular flexibility index (Phi) is 3.33. The number of carbonyl (C=O) groups excluding carboxylic acids is 1. The van der Waals surface area contributed by atoms with Crippen LogP contribution in [0.2, 0.25) is 5.02 Å². The molecule has 2 rings (SSSR count). The number of carbonyl (C=O) groups is 1. The summed E-state index contributed by atoms with van der Waals surface area (Å²) in [6.07, 6.45) is 2.61. The largest absolute Gasteiger partial charge is 0.351 e. The zero-order chi connectivity index (χ0) is 12.4. The Hall–Kier alpha value is -1.55. The molecule has 0 fully saturated rings. The fraction of sp³-hybridized carbons (Fsp3) is 0.333. The molecule has 0 spiro atoms. The maximum atomic E-state index is 12.0. The summed E-state index contributed by atoms with van der Waals surface area (Å²) >= 11 is 5.93. The summed E-state index contributed by atoms with van der Waals surface area (Å²) in [5, 5.41) is 3.43. The predicted molar refractivity (Wildman–Crippen MR) is 67.6 cm³/mol. The van der Waals surface area contributed by atoms with E-state index in [1.54, 1.807) is 22.7 Å². The van der Waals surface area contributed by atoms with E-state index < -0.39 is 0 Å². The lowest BCUT2D eigenvalue weighted by Crippen LogP contribution is -2.26. The van der Waals surface area contributed by atoms with Gasteiger partial charge in [-0.05, 0) is 25.5 Å². The molecule has 4 nitrogen and oxygen atoms in total. The molecule has 0 saturated heterocycles. The van der Waals surface area contributed by atoms with Crippen LogP contribution < -0.4 is 5.32 Å². The number of aryl methyl sites for hydroxylation is 1. The van der Waals surface area contributed by atoms with Crippen LogP contribution in [0.5, 0.6) is 0 Å². The molecule has 0 aliphatic heterocycles. The molecule has 2 heterocycles. The van der Waals surface area contributed by atoms with Gasteiger partial charge < -0.3 is 5.32 Å². The van der Waals surface area contributed by atoms with Gasteiger partial charge in [-0.3, -0.25) is 9.20 Å². The van der Waals surface area contributed by atoms with E-state index in [1.807, 2.05) is 13.8 Å². The normalized spacial score (nSPS) is 10.8. The highest BCUT2D eigenvalue weighted by molar-refractivity contribution is 6.30. The number of hydrogen-bond acceptors (Lipinski definition) is 2. The molecule has 5 heteroatoms. The molecule has 0 unspecified atom stereocenters. The van der Waals surface area contributed by atoms with Gasteiger partial charge in [0.1, 0.15) is 11.3 Å². The number of halogens is 1. The minimum Gasteiger partial charge on any atom is -0.351 e. The Morgan fingerprint density at radius 2 is 2.29 bits per heavy atom. The van der Waals surface area contributed by atoms with Crippen molar-refractivity contribution in [1.29, 1.82) is 0 Å². The smallest absolute Gasteiger partial charge is 0.270 e. The first kappa shape index (κ1) is 11.9. The van der Waals surface area contributed by atoms with Crippen molar-refractivity contribution in [2.45, 2.75) is 20.3 Å². The second kappa shape index (κ2) is 4.75. The number of rotatable bonds is 3. The first-order valence-electron chi connectivity index (χ1n) is 5.56. The zero-order valence-corrected chi connectivity index (χ0v) is 10.6. The van der Waals surface area contributed by atoms with Crippen LogP contribution in [0.3, 0.4) is 0 Å². The Labute approximate surface area is 105 Å². The highest BCUT2D eigenvalue weighted by Crippen LogP contribution is 2.16. The lowest BCUT2D eigenvalue weighted by Gasteiger charge is -2.04. The van der Waals surface area contributed by atoms with Gasteiger partial charge in [0.25, 0.3) is 5.91 Å². The van der Waals surface area contributed by atoms with Gasteiger partial charge in [-0.15, -0.1) is 0 Å². The summed E-state index contributed by atoms with van der Waals surface area (Å²) in [5.74, 6) is -0.112. The van der Waals surface area contributed by atoms with Gasteiger partial charge >= 0.3 is 0 Å². The molecule has 1 amide bonds. The van der Waals surface area contributed by atoms with Gasteiger partial charge in [0, 0.05) is 12.7 Å². The van der Waals surface area contributed by atoms with Crippen LogP contribution in [-0.4, -0.2) is 21.8 Å². The standard InChI is InChI=1S/C12H14ClN3O/c1-3-6-14-12(17)11-8(2)15-10-5-4-9(13)7-16(10)11/h4-5,7H,3,6H2,1-2H3,(H,14,17). The van der Waals surface area contributed by atoms with Gasteiger partial charge in [0.15, 0.2) is 0 Å². The molecule has 0 aliphatic carbocycles. The van der Waals surface area contributed by atoms with Gasteiger partial charge in [0.05, 0.1) is 10.7 Å². The third kappa shape index (κ3) is 2.26. The Bertz CT molecular complexity index is 562. The average molecular weight is 252 g/mol. The highest BCUT2D eigenvalue weighted by atomic mass is 35.5. The highest BCUT2D eigenvalue weighted by Gasteiger charge is 2.15. The topological polar surface area (TPSA) is 46.4 Å². The summed E-state index contributed by atoms with van der Waals surface area (Å²) in [6, 6.07) is 3.56. The van der Waals surface area contributed by atoms with Crippen molar-refractivity contribution in [2.75, 3.05) is 6.54 Å². The van der Waals surface area contributed by atoms with Crippen LogP contribution in [0.4, 0.5) is 0 Å². The van der Waals surface area contributed by atoms with E-state index in [0.29, 0.717) is 23.0 Å². The van der Waals surface area contributed by atoms with Crippen LogP contribution in [0.1, 0.15) is 29.5 Å². The van der Waals surface area contributed by atoms with Crippen LogP contribution in [0.15, 0.2) is 18.3 Å². The van der Waals surface area contributed by atoms with Crippen LogP contribution >= 0.6 is 11.6 Å². The Morgan fingerprint density at radius 1 is 1.53 bits per heavy atom. The maximum Gasteiger partial charge on any atom is 0.270 e. The first-order valence-corrected chi connectivity index (χ1v) is 5.93. The van der Waals surface area contributed by atoms with Crippen LogP contribution in [-0.2, 0) is 0 Å². The first-order chi connectivity index (χ1) is 8.13. The zero-order valence-electron chi connectivity index (χ0n) is 9.83. The van der Waals surface area contributed by atoms with E-state index in [1.165, 1.54) is 0 Å². The van der Waals surface area contributed by atoms with Crippen LogP contribution in [0, 0.1) is 6.92 Å². The van der Waals surface area contributed by atoms with E-state index in [0.717, 1.165) is 12.1 Å². The molecule has 0 radical (unpaired) electrons. The molecule has 2 aromatic heterocycles. The Morgan fingerprint density at radius 3 is 3.00 bits per heavy atom. The molecule has 2 aromatic rings. The number of nitrogens with one attached hydrogen (secondary N) is 1. The van der Waals surface area contributed by atoms with Gasteiger partial charge in [-0.1, -0.05) is 18.5 Å². The third-order valence-electron chi connectivity index (χ3n) is 2.51. The number of aromatic nitrogens is 2. The molecule has 0 saturated carbocycles. The second-order valence-corrected chi connectivity index (χ2v) is 4.31. The quantitative estimate of drug-likeness (QED) is 0.911. The molecule has 1 N–H and O–H groups in total. The minimum absolute atomic E-state index is 0.112. The summed E-state index contributed by atoms with van der Waals surface area (Å²) in [7, 11) is 0. The molecule has 0 bridgehead atoms. The second-order valence-electron chi connectivity index (χ2n) is 3.88. The van der Waals surface area contributed by atoms with Crippen molar-refractivity contribution in [2.24, 2.45) is 0 Å². The van der Waals surface area contributed by atoms with E-state index in [9.17, 15) is 4.79 Å². The van der Waals surface area contributed by atoms with Crippen molar-refractivity contribution in [3.8, 4) is 0 Å².